The molecule has 5 nitrogen and oxygen atoms in total. The predicted molar refractivity (Wildman–Crippen MR) is 86.4 cm³/mol. The number of amides is 1. The number of nitrogens with one attached hydrogen (secondary N) is 1. The molecule has 0 saturated carbocycles. The molecule has 1 aromatic carbocycles. The van der Waals surface area contributed by atoms with Crippen molar-refractivity contribution in [2.24, 2.45) is 5.92 Å². The van der Waals surface area contributed by atoms with Gasteiger partial charge in [-0.15, -0.1) is 0 Å². The van der Waals surface area contributed by atoms with E-state index in [1.54, 1.807) is 0 Å². The van der Waals surface area contributed by atoms with E-state index in [1.165, 1.54) is 0 Å². The van der Waals surface area contributed by atoms with Gasteiger partial charge in [0.1, 0.15) is 5.76 Å². The van der Waals surface area contributed by atoms with E-state index in [4.69, 9.17) is 20.9 Å². The van der Waals surface area contributed by atoms with Crippen LogP contribution in [-0.4, -0.2) is 30.8 Å². The molecule has 3 rings (SSSR count). The lowest BCUT2D eigenvalue weighted by Crippen LogP contribution is -2.30. The molecule has 2 aromatic rings. The number of benzene rings is 1. The zero-order valence-electron chi connectivity index (χ0n) is 12.8. The average molecular weight is 335 g/mol. The highest BCUT2D eigenvalue weighted by Gasteiger charge is 2.17. The molecule has 1 fully saturated rings. The summed E-state index contributed by atoms with van der Waals surface area (Å²) >= 11 is 5.97. The third-order valence-electron chi connectivity index (χ3n) is 3.83. The summed E-state index contributed by atoms with van der Waals surface area (Å²) < 4.78 is 10.6. The van der Waals surface area contributed by atoms with E-state index < -0.39 is 0 Å². The fourth-order valence-corrected chi connectivity index (χ4v) is 2.81. The first-order chi connectivity index (χ1) is 11.2. The number of ether oxygens (including phenoxy) is 1. The first-order valence-corrected chi connectivity index (χ1v) is 8.10. The van der Waals surface area contributed by atoms with Crippen LogP contribution in [0.1, 0.15) is 23.4 Å². The van der Waals surface area contributed by atoms with Gasteiger partial charge in [-0.05, 0) is 24.1 Å². The predicted octanol–water partition coefficient (Wildman–Crippen LogP) is 2.61. The van der Waals surface area contributed by atoms with E-state index in [0.29, 0.717) is 29.6 Å². The van der Waals surface area contributed by atoms with Crippen LogP contribution in [-0.2, 0) is 22.4 Å². The second-order valence-electron chi connectivity index (χ2n) is 5.80. The van der Waals surface area contributed by atoms with E-state index in [1.807, 2.05) is 30.3 Å². The standard InChI is InChI=1S/C17H19ClN2O3/c18-14-3-1-2-12(6-14)7-16-8-15(20-23-16)9-17(21)19-10-13-4-5-22-11-13/h1-3,6,8,13H,4-5,7,9-11H2,(H,19,21). The van der Waals surface area contributed by atoms with E-state index in [2.05, 4.69) is 10.5 Å². The second-order valence-corrected chi connectivity index (χ2v) is 6.24. The molecule has 1 N–H and O–H groups in total. The summed E-state index contributed by atoms with van der Waals surface area (Å²) in [5.74, 6) is 1.11. The lowest BCUT2D eigenvalue weighted by molar-refractivity contribution is -0.120. The average Bonchev–Trinajstić information content (AvgIpc) is 3.17. The van der Waals surface area contributed by atoms with Gasteiger partial charge in [0.05, 0.1) is 18.7 Å². The van der Waals surface area contributed by atoms with Gasteiger partial charge in [0.25, 0.3) is 0 Å². The molecule has 23 heavy (non-hydrogen) atoms. The molecular formula is C17H19ClN2O3. The van der Waals surface area contributed by atoms with Crippen molar-refractivity contribution in [3.05, 3.63) is 52.4 Å². The summed E-state index contributed by atoms with van der Waals surface area (Å²) in [6, 6.07) is 9.41. The summed E-state index contributed by atoms with van der Waals surface area (Å²) in [4.78, 5) is 11.9. The molecule has 1 aliphatic heterocycles. The van der Waals surface area contributed by atoms with Crippen LogP contribution in [0.3, 0.4) is 0 Å². The second kappa shape index (κ2) is 7.62. The van der Waals surface area contributed by atoms with Gasteiger partial charge in [0, 0.05) is 36.6 Å². The van der Waals surface area contributed by atoms with Crippen molar-refractivity contribution in [3.8, 4) is 0 Å². The van der Waals surface area contributed by atoms with Crippen molar-refractivity contribution in [1.82, 2.24) is 10.5 Å². The molecule has 0 radical (unpaired) electrons. The zero-order chi connectivity index (χ0) is 16.1. The molecule has 1 amide bonds. The molecule has 1 atom stereocenters. The molecule has 2 heterocycles. The normalized spacial score (nSPS) is 17.3. The third-order valence-corrected chi connectivity index (χ3v) is 4.06. The maximum atomic E-state index is 11.9. The van der Waals surface area contributed by atoms with Gasteiger partial charge >= 0.3 is 0 Å². The number of rotatable bonds is 6. The van der Waals surface area contributed by atoms with Gasteiger partial charge in [-0.25, -0.2) is 0 Å². The Hall–Kier alpha value is -1.85. The van der Waals surface area contributed by atoms with Gasteiger partial charge in [0.2, 0.25) is 5.91 Å². The summed E-state index contributed by atoms with van der Waals surface area (Å²) in [6.45, 7) is 2.18. The van der Waals surface area contributed by atoms with E-state index >= 15 is 0 Å². The summed E-state index contributed by atoms with van der Waals surface area (Å²) in [5, 5.41) is 7.57. The summed E-state index contributed by atoms with van der Waals surface area (Å²) in [5.41, 5.74) is 1.69. The first kappa shape index (κ1) is 16.0. The highest BCUT2D eigenvalue weighted by atomic mass is 35.5. The third kappa shape index (κ3) is 4.81. The highest BCUT2D eigenvalue weighted by Crippen LogP contribution is 2.16. The summed E-state index contributed by atoms with van der Waals surface area (Å²) in [7, 11) is 0. The lowest BCUT2D eigenvalue weighted by Gasteiger charge is -2.08. The van der Waals surface area contributed by atoms with E-state index in [0.717, 1.165) is 31.0 Å². The fraction of sp³-hybridized carbons (Fsp3) is 0.412. The number of nitrogens with zero attached hydrogens (tertiary/aromatic N) is 1. The van der Waals surface area contributed by atoms with Crippen molar-refractivity contribution >= 4 is 17.5 Å². The van der Waals surface area contributed by atoms with Gasteiger partial charge < -0.3 is 14.6 Å². The number of hydrogen-bond donors (Lipinski definition) is 1. The molecule has 1 saturated heterocycles. The lowest BCUT2D eigenvalue weighted by atomic mass is 10.1. The smallest absolute Gasteiger partial charge is 0.226 e. The number of carbonyl (C=O) groups is 1. The number of carbonyl (C=O) groups excluding carboxylic acids is 1. The molecule has 6 heteroatoms. The van der Waals surface area contributed by atoms with Gasteiger partial charge in [-0.3, -0.25) is 4.79 Å². The van der Waals surface area contributed by atoms with Crippen LogP contribution in [0.5, 0.6) is 0 Å². The van der Waals surface area contributed by atoms with E-state index in [-0.39, 0.29) is 12.3 Å². The Morgan fingerprint density at radius 2 is 2.30 bits per heavy atom. The monoisotopic (exact) mass is 334 g/mol. The van der Waals surface area contributed by atoms with Gasteiger partial charge in [0.15, 0.2) is 0 Å². The summed E-state index contributed by atoms with van der Waals surface area (Å²) in [6.07, 6.45) is 1.84. The van der Waals surface area contributed by atoms with Crippen molar-refractivity contribution in [1.29, 1.82) is 0 Å². The van der Waals surface area contributed by atoms with Crippen molar-refractivity contribution < 1.29 is 14.1 Å². The van der Waals surface area contributed by atoms with Crippen molar-refractivity contribution in [2.45, 2.75) is 19.3 Å². The molecular weight excluding hydrogens is 316 g/mol. The van der Waals surface area contributed by atoms with Crippen LogP contribution in [0, 0.1) is 5.92 Å². The Morgan fingerprint density at radius 3 is 3.09 bits per heavy atom. The largest absolute Gasteiger partial charge is 0.381 e. The molecule has 0 aliphatic carbocycles. The minimum Gasteiger partial charge on any atom is -0.381 e. The van der Waals surface area contributed by atoms with E-state index in [9.17, 15) is 4.79 Å². The number of hydrogen-bond acceptors (Lipinski definition) is 4. The topological polar surface area (TPSA) is 64.4 Å². The number of aromatic nitrogens is 1. The van der Waals surface area contributed by atoms with Gasteiger partial charge in [-0.2, -0.15) is 0 Å². The SMILES string of the molecule is O=C(Cc1cc(Cc2cccc(Cl)c2)on1)NCC1CCOC1. The minimum absolute atomic E-state index is 0.0421. The quantitative estimate of drug-likeness (QED) is 0.882. The van der Waals surface area contributed by atoms with Crippen LogP contribution in [0.15, 0.2) is 34.9 Å². The highest BCUT2D eigenvalue weighted by molar-refractivity contribution is 6.30. The molecule has 0 spiro atoms. The Bertz CT molecular complexity index is 665. The molecule has 1 aliphatic rings. The minimum atomic E-state index is -0.0421. The Kier molecular flexibility index (Phi) is 5.31. The molecule has 1 aromatic heterocycles. The van der Waals surface area contributed by atoms with Crippen LogP contribution in [0.2, 0.25) is 5.02 Å². The molecule has 1 unspecified atom stereocenters. The van der Waals surface area contributed by atoms with Crippen molar-refractivity contribution in [3.63, 3.8) is 0 Å². The maximum Gasteiger partial charge on any atom is 0.226 e. The maximum absolute atomic E-state index is 11.9. The van der Waals surface area contributed by atoms with Crippen molar-refractivity contribution in [2.75, 3.05) is 19.8 Å². The Morgan fingerprint density at radius 1 is 1.39 bits per heavy atom. The van der Waals surface area contributed by atoms with Gasteiger partial charge in [-0.1, -0.05) is 28.9 Å². The van der Waals surface area contributed by atoms with Crippen LogP contribution >= 0.6 is 11.6 Å². The van der Waals surface area contributed by atoms with Crippen LogP contribution in [0.4, 0.5) is 0 Å². The first-order valence-electron chi connectivity index (χ1n) is 7.72. The van der Waals surface area contributed by atoms with Crippen LogP contribution < -0.4 is 5.32 Å². The Labute approximate surface area is 139 Å². The molecule has 122 valence electrons. The fourth-order valence-electron chi connectivity index (χ4n) is 2.60. The van der Waals surface area contributed by atoms with Crippen LogP contribution in [0.25, 0.3) is 0 Å². The Balaban J connectivity index is 1.49. The number of halogens is 1. The zero-order valence-corrected chi connectivity index (χ0v) is 13.5. The molecule has 0 bridgehead atoms.